The van der Waals surface area contributed by atoms with Crippen molar-refractivity contribution in [3.8, 4) is 0 Å². The molecular weight excluding hydrogens is 317 g/mol. The van der Waals surface area contributed by atoms with E-state index >= 15 is 0 Å². The van der Waals surface area contributed by atoms with Crippen LogP contribution in [0.3, 0.4) is 0 Å². The standard InChI is InChI=1S/C8H6.CH3.Bi/c1-2-8-6-4-3-5-7-8;;/h1-6H;1H3;. The van der Waals surface area contributed by atoms with E-state index in [0.717, 1.165) is 0 Å². The van der Waals surface area contributed by atoms with Crippen LogP contribution in [0.15, 0.2) is 28.0 Å². The Balaban J connectivity index is 2.59. The molecule has 1 aromatic rings. The van der Waals surface area contributed by atoms with Crippen molar-refractivity contribution >= 4 is 31.1 Å². The van der Waals surface area contributed by atoms with Crippen molar-refractivity contribution < 1.29 is 0 Å². The Morgan fingerprint density at radius 1 is 1.20 bits per heavy atom. The summed E-state index contributed by atoms with van der Waals surface area (Å²) in [5.41, 5.74) is 1.47. The first kappa shape index (κ1) is 6.55. The van der Waals surface area contributed by atoms with E-state index in [1.165, 1.54) is 5.56 Å². The van der Waals surface area contributed by atoms with Gasteiger partial charge in [-0.2, -0.15) is 0 Å². The summed E-state index contributed by atoms with van der Waals surface area (Å²) in [5.74, 6) is 0. The van der Waals surface area contributed by atoms with E-state index in [-0.39, 0.29) is 0 Å². The first-order valence-electron chi connectivity index (χ1n) is 3.38. The molecule has 0 nitrogen and oxygen atoms in total. The Morgan fingerprint density at radius 3 is 2.80 bits per heavy atom. The van der Waals surface area contributed by atoms with E-state index in [0.29, 0.717) is 0 Å². The van der Waals surface area contributed by atoms with Crippen LogP contribution in [0.2, 0.25) is 4.63 Å². The molecule has 0 saturated carbocycles. The molecule has 50 valence electrons. The van der Waals surface area contributed by atoms with Crippen molar-refractivity contribution in [2.75, 3.05) is 0 Å². The van der Waals surface area contributed by atoms with Gasteiger partial charge < -0.3 is 0 Å². The van der Waals surface area contributed by atoms with Crippen molar-refractivity contribution in [3.63, 3.8) is 0 Å². The zero-order chi connectivity index (χ0) is 6.97. The summed E-state index contributed by atoms with van der Waals surface area (Å²) in [7, 11) is 0. The second-order valence-electron chi connectivity index (χ2n) is 2.49. The minimum atomic E-state index is -1.21. The van der Waals surface area contributed by atoms with Crippen LogP contribution in [0.5, 0.6) is 0 Å². The van der Waals surface area contributed by atoms with Crippen LogP contribution < -0.4 is 3.27 Å². The van der Waals surface area contributed by atoms with Gasteiger partial charge in [0.25, 0.3) is 0 Å². The van der Waals surface area contributed by atoms with E-state index in [9.17, 15) is 0 Å². The number of hydrogen-bond donors (Lipinski definition) is 0. The minimum absolute atomic E-state index is 1.21. The van der Waals surface area contributed by atoms with Crippen molar-refractivity contribution in [3.05, 3.63) is 33.6 Å². The predicted molar refractivity (Wildman–Crippen MR) is 46.7 cm³/mol. The van der Waals surface area contributed by atoms with Gasteiger partial charge in [0.1, 0.15) is 0 Å². The van der Waals surface area contributed by atoms with Gasteiger partial charge in [-0.3, -0.25) is 0 Å². The first-order chi connectivity index (χ1) is 4.88. The van der Waals surface area contributed by atoms with Crippen LogP contribution in [-0.4, -0.2) is 21.8 Å². The fourth-order valence-corrected chi connectivity index (χ4v) is 6.75. The molecule has 0 aliphatic carbocycles. The Hall–Kier alpha value is -0.157. The van der Waals surface area contributed by atoms with E-state index in [1.54, 1.807) is 3.27 Å². The van der Waals surface area contributed by atoms with Crippen LogP contribution >= 0.6 is 0 Å². The fraction of sp³-hybridized carbons (Fsp3) is 0.111. The van der Waals surface area contributed by atoms with Gasteiger partial charge in [0.05, 0.1) is 0 Å². The molecule has 2 rings (SSSR count). The van der Waals surface area contributed by atoms with E-state index in [2.05, 4.69) is 38.8 Å². The molecule has 1 aromatic carbocycles. The molecule has 0 saturated heterocycles. The average Bonchev–Trinajstić information content (AvgIpc) is 2.34. The molecule has 0 amide bonds. The molecule has 1 aliphatic rings. The number of hydrogen-bond acceptors (Lipinski definition) is 0. The van der Waals surface area contributed by atoms with E-state index < -0.39 is 21.8 Å². The summed E-state index contributed by atoms with van der Waals surface area (Å²) in [6, 6.07) is 8.77. The molecule has 1 heteroatoms. The van der Waals surface area contributed by atoms with Crippen molar-refractivity contribution in [1.82, 2.24) is 0 Å². The molecule has 0 radical (unpaired) electrons. The van der Waals surface area contributed by atoms with Crippen LogP contribution in [-0.2, 0) is 0 Å². The quantitative estimate of drug-likeness (QED) is 0.635. The topological polar surface area (TPSA) is 0 Å². The van der Waals surface area contributed by atoms with Gasteiger partial charge in [-0.15, -0.1) is 0 Å². The Labute approximate surface area is 69.3 Å². The van der Waals surface area contributed by atoms with Crippen LogP contribution in [0.1, 0.15) is 5.56 Å². The summed E-state index contributed by atoms with van der Waals surface area (Å²) in [5, 5.41) is 0. The van der Waals surface area contributed by atoms with Gasteiger partial charge in [0, 0.05) is 0 Å². The molecule has 0 bridgehead atoms. The number of benzene rings is 1. The Bertz CT molecular complexity index is 276. The maximum atomic E-state index is 2.44. The molecule has 1 aliphatic heterocycles. The van der Waals surface area contributed by atoms with Gasteiger partial charge in [-0.05, 0) is 0 Å². The van der Waals surface area contributed by atoms with Crippen LogP contribution in [0.25, 0.3) is 6.08 Å². The summed E-state index contributed by atoms with van der Waals surface area (Å²) >= 11 is -1.21. The van der Waals surface area contributed by atoms with Gasteiger partial charge in [0.15, 0.2) is 0 Å². The molecule has 0 spiro atoms. The molecule has 0 unspecified atom stereocenters. The monoisotopic (exact) mass is 326 g/mol. The second-order valence-corrected chi connectivity index (χ2v) is 10.3. The van der Waals surface area contributed by atoms with Gasteiger partial charge in [-0.1, -0.05) is 0 Å². The number of rotatable bonds is 0. The zero-order valence-corrected chi connectivity index (χ0v) is 9.39. The molecular formula is C9H9Bi. The zero-order valence-electron chi connectivity index (χ0n) is 5.91. The fourth-order valence-electron chi connectivity index (χ4n) is 1.22. The van der Waals surface area contributed by atoms with Crippen molar-refractivity contribution in [1.29, 1.82) is 0 Å². The van der Waals surface area contributed by atoms with Crippen molar-refractivity contribution in [2.45, 2.75) is 4.63 Å². The van der Waals surface area contributed by atoms with Gasteiger partial charge >= 0.3 is 69.3 Å². The SMILES string of the molecule is [CH3][Bi]1[CH]=Cc2cccc[c]21. The molecule has 0 atom stereocenters. The number of fused-ring (bicyclic) bond motifs is 1. The van der Waals surface area contributed by atoms with Crippen LogP contribution in [0.4, 0.5) is 0 Å². The molecule has 10 heavy (non-hydrogen) atoms. The average molecular weight is 326 g/mol. The van der Waals surface area contributed by atoms with Gasteiger partial charge in [0.2, 0.25) is 0 Å². The third kappa shape index (κ3) is 0.933. The molecule has 0 fully saturated rings. The third-order valence-electron chi connectivity index (χ3n) is 1.79. The molecule has 1 heterocycles. The van der Waals surface area contributed by atoms with Gasteiger partial charge in [-0.25, -0.2) is 0 Å². The maximum absolute atomic E-state index is 2.44. The Morgan fingerprint density at radius 2 is 2.00 bits per heavy atom. The summed E-state index contributed by atoms with van der Waals surface area (Å²) < 4.78 is 6.54. The van der Waals surface area contributed by atoms with E-state index in [1.807, 2.05) is 0 Å². The normalized spacial score (nSPS) is 15.7. The van der Waals surface area contributed by atoms with Crippen molar-refractivity contribution in [2.24, 2.45) is 0 Å². The second kappa shape index (κ2) is 2.47. The van der Waals surface area contributed by atoms with Crippen LogP contribution in [0, 0.1) is 0 Å². The van der Waals surface area contributed by atoms with E-state index in [4.69, 9.17) is 0 Å². The molecule has 0 N–H and O–H groups in total. The predicted octanol–water partition coefficient (Wildman–Crippen LogP) is 1.58. The summed E-state index contributed by atoms with van der Waals surface area (Å²) in [4.78, 5) is 0. The summed E-state index contributed by atoms with van der Waals surface area (Å²) in [6.45, 7) is 0. The Kier molecular flexibility index (Phi) is 1.62. The molecule has 0 aromatic heterocycles. The third-order valence-corrected chi connectivity index (χ3v) is 8.65. The first-order valence-corrected chi connectivity index (χ1v) is 10.6. The summed E-state index contributed by atoms with van der Waals surface area (Å²) in [6.07, 6.45) is 2.28.